The van der Waals surface area contributed by atoms with Crippen LogP contribution < -0.4 is 16.4 Å². The minimum Gasteiger partial charge on any atom is -0.408 e. The van der Waals surface area contributed by atoms with E-state index in [2.05, 4.69) is 15.6 Å². The lowest BCUT2D eigenvalue weighted by atomic mass is 10.1. The van der Waals surface area contributed by atoms with Crippen LogP contribution in [0.3, 0.4) is 0 Å². The van der Waals surface area contributed by atoms with Crippen molar-refractivity contribution in [3.63, 3.8) is 0 Å². The van der Waals surface area contributed by atoms with Crippen LogP contribution in [0.4, 0.5) is 0 Å². The molecule has 0 bridgehead atoms. The lowest BCUT2D eigenvalue weighted by Crippen LogP contribution is -2.42. The molecule has 1 saturated heterocycles. The van der Waals surface area contributed by atoms with E-state index in [1.54, 1.807) is 11.8 Å². The number of rotatable bonds is 4. The van der Waals surface area contributed by atoms with Crippen LogP contribution in [0.1, 0.15) is 5.56 Å². The summed E-state index contributed by atoms with van der Waals surface area (Å²) in [5, 5.41) is 6.04. The van der Waals surface area contributed by atoms with Gasteiger partial charge >= 0.3 is 5.76 Å². The van der Waals surface area contributed by atoms with E-state index >= 15 is 0 Å². The Hall–Kier alpha value is -1.73. The lowest BCUT2D eigenvalue weighted by Gasteiger charge is -2.10. The van der Waals surface area contributed by atoms with Crippen molar-refractivity contribution in [3.8, 4) is 0 Å². The van der Waals surface area contributed by atoms with Crippen molar-refractivity contribution < 1.29 is 9.21 Å². The van der Waals surface area contributed by atoms with E-state index in [0.717, 1.165) is 17.2 Å². The molecule has 3 rings (SSSR count). The van der Waals surface area contributed by atoms with Crippen molar-refractivity contribution in [2.75, 3.05) is 18.2 Å². The summed E-state index contributed by atoms with van der Waals surface area (Å²) in [7, 11) is 0. The second kappa shape index (κ2) is 5.72. The summed E-state index contributed by atoms with van der Waals surface area (Å²) in [6.45, 7) is 0.571. The molecule has 1 aromatic carbocycles. The average molecular weight is 293 g/mol. The van der Waals surface area contributed by atoms with Crippen molar-refractivity contribution in [1.82, 2.24) is 15.6 Å². The molecule has 20 heavy (non-hydrogen) atoms. The average Bonchev–Trinajstić information content (AvgIpc) is 3.05. The van der Waals surface area contributed by atoms with Gasteiger partial charge in [0.15, 0.2) is 5.58 Å². The number of oxazole rings is 1. The van der Waals surface area contributed by atoms with Crippen LogP contribution in [0.25, 0.3) is 11.1 Å². The highest BCUT2D eigenvalue weighted by atomic mass is 32.2. The van der Waals surface area contributed by atoms with E-state index in [0.29, 0.717) is 24.1 Å². The largest absolute Gasteiger partial charge is 0.417 e. The Balaban J connectivity index is 1.56. The van der Waals surface area contributed by atoms with E-state index in [1.165, 1.54) is 0 Å². The molecule has 106 valence electrons. The van der Waals surface area contributed by atoms with Crippen LogP contribution in [0.2, 0.25) is 0 Å². The van der Waals surface area contributed by atoms with Gasteiger partial charge in [-0.15, -0.1) is 11.8 Å². The second-order valence-electron chi connectivity index (χ2n) is 4.66. The standard InChI is InChI=1S/C13H15N3O3S/c17-12(10-6-20-7-15-10)14-4-3-8-1-2-9-11(5-8)19-13(18)16-9/h1-2,5,10,15H,3-4,6-7H2,(H,14,17)(H,16,18). The Labute approximate surface area is 119 Å². The van der Waals surface area contributed by atoms with Crippen molar-refractivity contribution in [2.24, 2.45) is 0 Å². The fraction of sp³-hybridized carbons (Fsp3) is 0.385. The number of thioether (sulfide) groups is 1. The van der Waals surface area contributed by atoms with Gasteiger partial charge < -0.3 is 9.73 Å². The number of hydrogen-bond donors (Lipinski definition) is 3. The number of aromatic amines is 1. The quantitative estimate of drug-likeness (QED) is 0.761. The van der Waals surface area contributed by atoms with Crippen LogP contribution in [0, 0.1) is 0 Å². The van der Waals surface area contributed by atoms with E-state index < -0.39 is 5.76 Å². The van der Waals surface area contributed by atoms with Crippen LogP contribution >= 0.6 is 11.8 Å². The first-order valence-corrected chi connectivity index (χ1v) is 7.58. The number of carbonyl (C=O) groups is 1. The smallest absolute Gasteiger partial charge is 0.408 e. The topological polar surface area (TPSA) is 87.1 Å². The van der Waals surface area contributed by atoms with Gasteiger partial charge in [0.05, 0.1) is 11.6 Å². The van der Waals surface area contributed by atoms with Gasteiger partial charge in [-0.3, -0.25) is 15.1 Å². The SMILES string of the molecule is O=C(NCCc1ccc2[nH]c(=O)oc2c1)C1CSCN1. The third-order valence-corrected chi connectivity index (χ3v) is 4.17. The van der Waals surface area contributed by atoms with Crippen molar-refractivity contribution in [2.45, 2.75) is 12.5 Å². The summed E-state index contributed by atoms with van der Waals surface area (Å²) in [6.07, 6.45) is 0.705. The van der Waals surface area contributed by atoms with Crippen LogP contribution in [0.15, 0.2) is 27.4 Å². The molecule has 1 fully saturated rings. The number of aromatic nitrogens is 1. The molecule has 0 saturated carbocycles. The van der Waals surface area contributed by atoms with Crippen molar-refractivity contribution in [3.05, 3.63) is 34.3 Å². The maximum Gasteiger partial charge on any atom is 0.417 e. The van der Waals surface area contributed by atoms with Gasteiger partial charge in [-0.05, 0) is 24.1 Å². The molecule has 3 N–H and O–H groups in total. The zero-order valence-corrected chi connectivity index (χ0v) is 11.6. The normalized spacial score (nSPS) is 18.5. The lowest BCUT2D eigenvalue weighted by molar-refractivity contribution is -0.122. The van der Waals surface area contributed by atoms with E-state index in [4.69, 9.17) is 4.42 Å². The Morgan fingerprint density at radius 1 is 1.50 bits per heavy atom. The van der Waals surface area contributed by atoms with Crippen molar-refractivity contribution >= 4 is 28.8 Å². The molecule has 1 aliphatic rings. The highest BCUT2D eigenvalue weighted by Crippen LogP contribution is 2.13. The monoisotopic (exact) mass is 293 g/mol. The fourth-order valence-corrected chi connectivity index (χ4v) is 3.10. The summed E-state index contributed by atoms with van der Waals surface area (Å²) >= 11 is 1.73. The Morgan fingerprint density at radius 2 is 2.40 bits per heavy atom. The summed E-state index contributed by atoms with van der Waals surface area (Å²) in [5.41, 5.74) is 2.26. The summed E-state index contributed by atoms with van der Waals surface area (Å²) < 4.78 is 5.01. The van der Waals surface area contributed by atoms with Gasteiger partial charge in [0.2, 0.25) is 5.91 Å². The second-order valence-corrected chi connectivity index (χ2v) is 5.69. The maximum atomic E-state index is 11.8. The molecule has 6 nitrogen and oxygen atoms in total. The molecule has 1 aliphatic heterocycles. The first-order chi connectivity index (χ1) is 9.72. The molecule has 0 aliphatic carbocycles. The zero-order chi connectivity index (χ0) is 13.9. The molecule has 1 aromatic heterocycles. The molecule has 2 heterocycles. The van der Waals surface area contributed by atoms with E-state index in [-0.39, 0.29) is 11.9 Å². The number of carbonyl (C=O) groups excluding carboxylic acids is 1. The highest BCUT2D eigenvalue weighted by Gasteiger charge is 2.21. The number of fused-ring (bicyclic) bond motifs is 1. The molecular weight excluding hydrogens is 278 g/mol. The third-order valence-electron chi connectivity index (χ3n) is 3.23. The fourth-order valence-electron chi connectivity index (χ4n) is 2.16. The van der Waals surface area contributed by atoms with Gasteiger partial charge in [-0.1, -0.05) is 6.07 Å². The highest BCUT2D eigenvalue weighted by molar-refractivity contribution is 7.99. The molecular formula is C13H15N3O3S. The number of nitrogens with one attached hydrogen (secondary N) is 3. The van der Waals surface area contributed by atoms with E-state index in [1.807, 2.05) is 18.2 Å². The Bertz CT molecular complexity index is 673. The predicted molar refractivity (Wildman–Crippen MR) is 77.8 cm³/mol. The number of benzene rings is 1. The summed E-state index contributed by atoms with van der Waals surface area (Å²) in [4.78, 5) is 25.5. The molecule has 1 unspecified atom stereocenters. The maximum absolute atomic E-state index is 11.8. The molecule has 2 aromatic rings. The summed E-state index contributed by atoms with van der Waals surface area (Å²) in [5.74, 6) is 1.26. The first-order valence-electron chi connectivity index (χ1n) is 6.43. The van der Waals surface area contributed by atoms with Gasteiger partial charge in [-0.25, -0.2) is 4.79 Å². The van der Waals surface area contributed by atoms with E-state index in [9.17, 15) is 9.59 Å². The minimum atomic E-state index is -0.449. The first kappa shape index (κ1) is 13.3. The molecule has 1 amide bonds. The van der Waals surface area contributed by atoms with Gasteiger partial charge in [-0.2, -0.15) is 0 Å². The molecule has 7 heteroatoms. The predicted octanol–water partition coefficient (Wildman–Crippen LogP) is 0.442. The van der Waals surface area contributed by atoms with Crippen LogP contribution in [0.5, 0.6) is 0 Å². The molecule has 0 radical (unpaired) electrons. The van der Waals surface area contributed by atoms with Crippen LogP contribution in [-0.2, 0) is 11.2 Å². The van der Waals surface area contributed by atoms with Crippen molar-refractivity contribution in [1.29, 1.82) is 0 Å². The Morgan fingerprint density at radius 3 is 3.20 bits per heavy atom. The molecule has 0 spiro atoms. The summed E-state index contributed by atoms with van der Waals surface area (Å²) in [6, 6.07) is 5.48. The third kappa shape index (κ3) is 2.88. The van der Waals surface area contributed by atoms with Gasteiger partial charge in [0.25, 0.3) is 0 Å². The number of amides is 1. The zero-order valence-electron chi connectivity index (χ0n) is 10.8. The minimum absolute atomic E-state index is 0.0456. The molecule has 1 atom stereocenters. The van der Waals surface area contributed by atoms with Crippen LogP contribution in [-0.4, -0.2) is 35.1 Å². The van der Waals surface area contributed by atoms with Gasteiger partial charge in [0.1, 0.15) is 0 Å². The van der Waals surface area contributed by atoms with Gasteiger partial charge in [0, 0.05) is 18.2 Å². The number of H-pyrrole nitrogens is 1. The number of hydrogen-bond acceptors (Lipinski definition) is 5. The Kier molecular flexibility index (Phi) is 3.79.